The second-order valence-corrected chi connectivity index (χ2v) is 7.86. The lowest BCUT2D eigenvalue weighted by Crippen LogP contribution is -2.21. The number of hydrogen-bond acceptors (Lipinski definition) is 5. The Bertz CT molecular complexity index is 854. The Hall–Kier alpha value is -1.93. The Labute approximate surface area is 162 Å². The number of carbonyl (C=O) groups excluding carboxylic acids is 1. The van der Waals surface area contributed by atoms with Crippen LogP contribution >= 0.6 is 23.6 Å². The molecule has 6 nitrogen and oxygen atoms in total. The Morgan fingerprint density at radius 1 is 1.31 bits per heavy atom. The van der Waals surface area contributed by atoms with Crippen LogP contribution in [0, 0.1) is 13.8 Å². The van der Waals surface area contributed by atoms with Crippen LogP contribution < -0.4 is 10.6 Å². The Morgan fingerprint density at radius 3 is 2.69 bits per heavy atom. The molecule has 2 heterocycles. The van der Waals surface area contributed by atoms with Crippen LogP contribution in [-0.2, 0) is 24.1 Å². The molecular formula is C18H24N4O2S2. The number of aromatic nitrogens is 2. The van der Waals surface area contributed by atoms with Gasteiger partial charge in [-0.2, -0.15) is 5.10 Å². The molecule has 0 fully saturated rings. The summed E-state index contributed by atoms with van der Waals surface area (Å²) < 4.78 is 6.94. The number of thiocarbonyl (C=S) groups is 1. The summed E-state index contributed by atoms with van der Waals surface area (Å²) >= 11 is 7.10. The number of fused-ring (bicyclic) bond motifs is 1. The molecule has 3 rings (SSSR count). The number of esters is 1. The van der Waals surface area contributed by atoms with Gasteiger partial charge in [-0.3, -0.25) is 4.68 Å². The van der Waals surface area contributed by atoms with Crippen LogP contribution in [0.1, 0.15) is 52.0 Å². The van der Waals surface area contributed by atoms with Crippen LogP contribution in [-0.4, -0.2) is 28.0 Å². The van der Waals surface area contributed by atoms with E-state index in [-0.39, 0.29) is 5.97 Å². The molecule has 0 saturated carbocycles. The standard InChI is InChI=1S/C18H24N4O2S2/c1-5-22-11(3)15(10(2)21-22)19-18(25)20-16-14(17(23)24-4)12-8-6-7-9-13(12)26-16/h5-9H2,1-4H3,(H2,19,20,25). The highest BCUT2D eigenvalue weighted by atomic mass is 32.1. The number of carbonyl (C=O) groups is 1. The van der Waals surface area contributed by atoms with E-state index in [0.717, 1.165) is 59.9 Å². The van der Waals surface area contributed by atoms with Crippen LogP contribution in [0.15, 0.2) is 0 Å². The third kappa shape index (κ3) is 3.48. The van der Waals surface area contributed by atoms with E-state index in [1.165, 1.54) is 12.0 Å². The second kappa shape index (κ2) is 7.75. The molecule has 2 aromatic heterocycles. The van der Waals surface area contributed by atoms with Crippen molar-refractivity contribution in [2.75, 3.05) is 17.7 Å². The van der Waals surface area contributed by atoms with E-state index in [1.54, 1.807) is 11.3 Å². The molecule has 26 heavy (non-hydrogen) atoms. The molecule has 2 aromatic rings. The maximum atomic E-state index is 12.3. The first-order valence-electron chi connectivity index (χ1n) is 8.81. The van der Waals surface area contributed by atoms with Crippen molar-refractivity contribution in [2.45, 2.75) is 53.0 Å². The van der Waals surface area contributed by atoms with Gasteiger partial charge < -0.3 is 15.4 Å². The number of thiophene rings is 1. The molecule has 0 spiro atoms. The second-order valence-electron chi connectivity index (χ2n) is 6.35. The largest absolute Gasteiger partial charge is 0.465 e. The van der Waals surface area contributed by atoms with Gasteiger partial charge in [0.1, 0.15) is 5.00 Å². The molecule has 0 aromatic carbocycles. The lowest BCUT2D eigenvalue weighted by molar-refractivity contribution is 0.0601. The molecule has 140 valence electrons. The van der Waals surface area contributed by atoms with Gasteiger partial charge in [-0.1, -0.05) is 0 Å². The highest BCUT2D eigenvalue weighted by Crippen LogP contribution is 2.38. The van der Waals surface area contributed by atoms with Gasteiger partial charge in [-0.05, 0) is 64.2 Å². The first kappa shape index (κ1) is 18.8. The molecule has 0 amide bonds. The predicted octanol–water partition coefficient (Wildman–Crippen LogP) is 4.06. The van der Waals surface area contributed by atoms with Crippen LogP contribution in [0.3, 0.4) is 0 Å². The number of aryl methyl sites for hydroxylation is 3. The molecular weight excluding hydrogens is 368 g/mol. The lowest BCUT2D eigenvalue weighted by Gasteiger charge is -2.13. The minimum atomic E-state index is -0.305. The maximum absolute atomic E-state index is 12.3. The molecule has 0 bridgehead atoms. The quantitative estimate of drug-likeness (QED) is 0.604. The van der Waals surface area contributed by atoms with Gasteiger partial charge in [0, 0.05) is 11.4 Å². The highest BCUT2D eigenvalue weighted by Gasteiger charge is 2.26. The Kier molecular flexibility index (Phi) is 5.62. The van der Waals surface area contributed by atoms with Crippen molar-refractivity contribution in [1.29, 1.82) is 0 Å². The average Bonchev–Trinajstić information content (AvgIpc) is 3.12. The van der Waals surface area contributed by atoms with E-state index in [9.17, 15) is 4.79 Å². The number of rotatable bonds is 4. The molecule has 1 aliphatic carbocycles. The monoisotopic (exact) mass is 392 g/mol. The van der Waals surface area contributed by atoms with E-state index >= 15 is 0 Å². The summed E-state index contributed by atoms with van der Waals surface area (Å²) in [6, 6.07) is 0. The van der Waals surface area contributed by atoms with E-state index in [1.807, 2.05) is 18.5 Å². The summed E-state index contributed by atoms with van der Waals surface area (Å²) in [5.74, 6) is -0.305. The van der Waals surface area contributed by atoms with Gasteiger partial charge in [-0.15, -0.1) is 11.3 Å². The van der Waals surface area contributed by atoms with Crippen LogP contribution in [0.2, 0.25) is 0 Å². The Morgan fingerprint density at radius 2 is 2.04 bits per heavy atom. The van der Waals surface area contributed by atoms with Crippen molar-refractivity contribution in [3.8, 4) is 0 Å². The van der Waals surface area contributed by atoms with Crippen molar-refractivity contribution >= 4 is 45.3 Å². The van der Waals surface area contributed by atoms with Gasteiger partial charge in [0.2, 0.25) is 0 Å². The summed E-state index contributed by atoms with van der Waals surface area (Å²) in [6.45, 7) is 6.82. The van der Waals surface area contributed by atoms with Gasteiger partial charge in [-0.25, -0.2) is 4.79 Å². The summed E-state index contributed by atoms with van der Waals surface area (Å²) in [4.78, 5) is 13.6. The van der Waals surface area contributed by atoms with Gasteiger partial charge in [0.05, 0.1) is 29.7 Å². The molecule has 0 saturated heterocycles. The first-order chi connectivity index (χ1) is 12.5. The number of hydrogen-bond donors (Lipinski definition) is 2. The third-order valence-electron chi connectivity index (χ3n) is 4.71. The minimum absolute atomic E-state index is 0.305. The Balaban J connectivity index is 1.85. The van der Waals surface area contributed by atoms with Crippen LogP contribution in [0.25, 0.3) is 0 Å². The SMILES string of the molecule is CCn1nc(C)c(NC(=S)Nc2sc3c(c2C(=O)OC)CCCC3)c1C. The maximum Gasteiger partial charge on any atom is 0.341 e. The van der Waals surface area contributed by atoms with Crippen molar-refractivity contribution in [1.82, 2.24) is 9.78 Å². The number of ether oxygens (including phenoxy) is 1. The number of nitrogens with one attached hydrogen (secondary N) is 2. The normalized spacial score (nSPS) is 13.2. The molecule has 8 heteroatoms. The highest BCUT2D eigenvalue weighted by molar-refractivity contribution is 7.80. The van der Waals surface area contributed by atoms with E-state index < -0.39 is 0 Å². The predicted molar refractivity (Wildman–Crippen MR) is 110 cm³/mol. The van der Waals surface area contributed by atoms with Crippen molar-refractivity contribution in [3.63, 3.8) is 0 Å². The molecule has 2 N–H and O–H groups in total. The average molecular weight is 393 g/mol. The van der Waals surface area contributed by atoms with Crippen LogP contribution in [0.5, 0.6) is 0 Å². The summed E-state index contributed by atoms with van der Waals surface area (Å²) in [7, 11) is 1.42. The number of anilines is 2. The molecule has 0 radical (unpaired) electrons. The van der Waals surface area contributed by atoms with Crippen molar-refractivity contribution in [3.05, 3.63) is 27.4 Å². The van der Waals surface area contributed by atoms with E-state index in [0.29, 0.717) is 10.7 Å². The first-order valence-corrected chi connectivity index (χ1v) is 10.0. The minimum Gasteiger partial charge on any atom is -0.465 e. The van der Waals surface area contributed by atoms with Crippen molar-refractivity contribution in [2.24, 2.45) is 0 Å². The van der Waals surface area contributed by atoms with Gasteiger partial charge in [0.25, 0.3) is 0 Å². The summed E-state index contributed by atoms with van der Waals surface area (Å²) in [6.07, 6.45) is 4.18. The summed E-state index contributed by atoms with van der Waals surface area (Å²) in [5, 5.41) is 12.2. The topological polar surface area (TPSA) is 68.2 Å². The van der Waals surface area contributed by atoms with E-state index in [4.69, 9.17) is 17.0 Å². The smallest absolute Gasteiger partial charge is 0.341 e. The number of methoxy groups -OCH3 is 1. The molecule has 0 aliphatic heterocycles. The lowest BCUT2D eigenvalue weighted by atomic mass is 9.95. The third-order valence-corrected chi connectivity index (χ3v) is 6.12. The fourth-order valence-corrected chi connectivity index (χ4v) is 4.96. The molecule has 0 unspecified atom stereocenters. The summed E-state index contributed by atoms with van der Waals surface area (Å²) in [5.41, 5.74) is 4.59. The van der Waals surface area contributed by atoms with Crippen molar-refractivity contribution < 1.29 is 9.53 Å². The van der Waals surface area contributed by atoms with Gasteiger partial charge in [0.15, 0.2) is 5.11 Å². The zero-order valence-corrected chi connectivity index (χ0v) is 17.2. The van der Waals surface area contributed by atoms with Crippen LogP contribution in [0.4, 0.5) is 10.7 Å². The van der Waals surface area contributed by atoms with E-state index in [2.05, 4.69) is 22.7 Å². The zero-order chi connectivity index (χ0) is 18.8. The number of nitrogens with zero attached hydrogens (tertiary/aromatic N) is 2. The zero-order valence-electron chi connectivity index (χ0n) is 15.6. The molecule has 1 aliphatic rings. The fourth-order valence-electron chi connectivity index (χ4n) is 3.41. The van der Waals surface area contributed by atoms with Gasteiger partial charge >= 0.3 is 5.97 Å². The fraction of sp³-hybridized carbons (Fsp3) is 0.500. The molecule has 0 atom stereocenters.